The smallest absolute Gasteiger partial charge is 0.251 e. The maximum atomic E-state index is 12.1. The van der Waals surface area contributed by atoms with Gasteiger partial charge < -0.3 is 10.6 Å². The maximum Gasteiger partial charge on any atom is 0.251 e. The number of nitrogens with zero attached hydrogens (tertiary/aromatic N) is 1. The Hall–Kier alpha value is -1.58. The molecule has 0 bridgehead atoms. The van der Waals surface area contributed by atoms with Gasteiger partial charge in [-0.1, -0.05) is 13.3 Å². The van der Waals surface area contributed by atoms with Gasteiger partial charge in [0.15, 0.2) is 0 Å². The summed E-state index contributed by atoms with van der Waals surface area (Å²) in [5, 5.41) is 6.15. The average molecular weight is 249 g/mol. The number of pyridine rings is 1. The lowest BCUT2D eigenvalue weighted by molar-refractivity contribution is 0.0909. The van der Waals surface area contributed by atoms with Crippen LogP contribution in [0.2, 0.25) is 0 Å². The lowest BCUT2D eigenvalue weighted by atomic mass is 9.98. The molecule has 0 aromatic carbocycles. The van der Waals surface area contributed by atoms with Crippen LogP contribution in [0.5, 0.6) is 0 Å². The number of hydrogen-bond acceptors (Lipinski definition) is 3. The minimum absolute atomic E-state index is 0.0463. The lowest BCUT2D eigenvalue weighted by Gasteiger charge is -2.25. The monoisotopic (exact) mass is 249 g/mol. The fourth-order valence-electron chi connectivity index (χ4n) is 1.92. The molecule has 4 heteroatoms. The first kappa shape index (κ1) is 14.5. The zero-order valence-electron chi connectivity index (χ0n) is 11.7. The van der Waals surface area contributed by atoms with Crippen LogP contribution in [0, 0.1) is 0 Å². The molecule has 1 amide bonds. The normalized spacial score (nSPS) is 11.1. The second kappa shape index (κ2) is 6.38. The molecule has 0 fully saturated rings. The van der Waals surface area contributed by atoms with Gasteiger partial charge in [-0.15, -0.1) is 0 Å². The van der Waals surface area contributed by atoms with Crippen molar-refractivity contribution in [1.82, 2.24) is 10.3 Å². The average Bonchev–Trinajstić information content (AvgIpc) is 2.29. The van der Waals surface area contributed by atoms with Crippen molar-refractivity contribution in [3.05, 3.63) is 23.9 Å². The minimum atomic E-state index is -0.173. The van der Waals surface area contributed by atoms with Crippen LogP contribution in [-0.4, -0.2) is 23.0 Å². The Morgan fingerprint density at radius 1 is 1.39 bits per heavy atom. The van der Waals surface area contributed by atoms with E-state index in [2.05, 4.69) is 22.5 Å². The molecule has 0 unspecified atom stereocenters. The molecular weight excluding hydrogens is 226 g/mol. The molecule has 0 aliphatic heterocycles. The predicted octanol–water partition coefficient (Wildman–Crippen LogP) is 2.82. The Morgan fingerprint density at radius 3 is 2.72 bits per heavy atom. The van der Waals surface area contributed by atoms with Crippen molar-refractivity contribution in [2.24, 2.45) is 0 Å². The van der Waals surface area contributed by atoms with Gasteiger partial charge in [0, 0.05) is 23.8 Å². The highest BCUT2D eigenvalue weighted by atomic mass is 16.1. The van der Waals surface area contributed by atoms with Gasteiger partial charge in [0.05, 0.1) is 0 Å². The van der Waals surface area contributed by atoms with Crippen LogP contribution in [-0.2, 0) is 0 Å². The van der Waals surface area contributed by atoms with Crippen molar-refractivity contribution in [2.75, 3.05) is 11.9 Å². The highest BCUT2D eigenvalue weighted by Crippen LogP contribution is 2.13. The van der Waals surface area contributed by atoms with Gasteiger partial charge in [-0.05, 0) is 39.3 Å². The summed E-state index contributed by atoms with van der Waals surface area (Å²) < 4.78 is 0. The number of anilines is 1. The Morgan fingerprint density at radius 2 is 2.11 bits per heavy atom. The van der Waals surface area contributed by atoms with Gasteiger partial charge in [-0.2, -0.15) is 0 Å². The molecule has 100 valence electrons. The van der Waals surface area contributed by atoms with E-state index in [-0.39, 0.29) is 11.4 Å². The van der Waals surface area contributed by atoms with Crippen molar-refractivity contribution in [3.8, 4) is 0 Å². The van der Waals surface area contributed by atoms with Crippen LogP contribution in [0.3, 0.4) is 0 Å². The second-order valence-electron chi connectivity index (χ2n) is 5.05. The standard InChI is InChI=1S/C14H23N3O/c1-5-8-14(3,4)17-13(18)11-7-9-16-12(10-11)15-6-2/h7,9-10H,5-6,8H2,1-4H3,(H,15,16)(H,17,18). The number of hydrogen-bond donors (Lipinski definition) is 2. The van der Waals surface area contributed by atoms with Crippen LogP contribution < -0.4 is 10.6 Å². The van der Waals surface area contributed by atoms with Crippen LogP contribution in [0.25, 0.3) is 0 Å². The van der Waals surface area contributed by atoms with Gasteiger partial charge in [-0.25, -0.2) is 4.98 Å². The van der Waals surface area contributed by atoms with Crippen molar-refractivity contribution in [1.29, 1.82) is 0 Å². The van der Waals surface area contributed by atoms with E-state index in [0.717, 1.165) is 25.2 Å². The number of aromatic nitrogens is 1. The molecule has 0 aliphatic carbocycles. The lowest BCUT2D eigenvalue weighted by Crippen LogP contribution is -2.43. The fourth-order valence-corrected chi connectivity index (χ4v) is 1.92. The van der Waals surface area contributed by atoms with Crippen molar-refractivity contribution < 1.29 is 4.79 Å². The molecule has 0 saturated heterocycles. The van der Waals surface area contributed by atoms with Crippen molar-refractivity contribution >= 4 is 11.7 Å². The molecular formula is C14H23N3O. The highest BCUT2D eigenvalue weighted by Gasteiger charge is 2.20. The molecule has 0 aliphatic rings. The topological polar surface area (TPSA) is 54.0 Å². The summed E-state index contributed by atoms with van der Waals surface area (Å²) in [6.07, 6.45) is 3.66. The third-order valence-corrected chi connectivity index (χ3v) is 2.71. The van der Waals surface area contributed by atoms with Crippen LogP contribution in [0.4, 0.5) is 5.82 Å². The summed E-state index contributed by atoms with van der Waals surface area (Å²) >= 11 is 0. The Labute approximate surface area is 109 Å². The van der Waals surface area contributed by atoms with Crippen LogP contribution >= 0.6 is 0 Å². The third-order valence-electron chi connectivity index (χ3n) is 2.71. The summed E-state index contributed by atoms with van der Waals surface area (Å²) in [4.78, 5) is 16.3. The van der Waals surface area contributed by atoms with Crippen molar-refractivity contribution in [2.45, 2.75) is 46.1 Å². The Kier molecular flexibility index (Phi) is 5.13. The van der Waals surface area contributed by atoms with Gasteiger partial charge in [0.2, 0.25) is 0 Å². The molecule has 0 saturated carbocycles. The molecule has 18 heavy (non-hydrogen) atoms. The Bertz CT molecular complexity index is 402. The molecule has 1 rings (SSSR count). The zero-order valence-corrected chi connectivity index (χ0v) is 11.7. The molecule has 2 N–H and O–H groups in total. The van der Waals surface area contributed by atoms with E-state index < -0.39 is 0 Å². The van der Waals surface area contributed by atoms with E-state index in [1.54, 1.807) is 18.3 Å². The molecule has 1 aromatic heterocycles. The molecule has 1 aromatic rings. The largest absolute Gasteiger partial charge is 0.370 e. The van der Waals surface area contributed by atoms with E-state index in [9.17, 15) is 4.79 Å². The first-order valence-corrected chi connectivity index (χ1v) is 6.51. The van der Waals surface area contributed by atoms with Gasteiger partial charge >= 0.3 is 0 Å². The van der Waals surface area contributed by atoms with E-state index in [0.29, 0.717) is 5.56 Å². The quantitative estimate of drug-likeness (QED) is 0.815. The zero-order chi connectivity index (χ0) is 13.6. The highest BCUT2D eigenvalue weighted by molar-refractivity contribution is 5.95. The number of carbonyl (C=O) groups is 1. The van der Waals surface area contributed by atoms with Gasteiger partial charge in [0.1, 0.15) is 5.82 Å². The number of carbonyl (C=O) groups excluding carboxylic acids is 1. The summed E-state index contributed by atoms with van der Waals surface area (Å²) in [7, 11) is 0. The summed E-state index contributed by atoms with van der Waals surface area (Å²) in [6, 6.07) is 3.51. The first-order valence-electron chi connectivity index (χ1n) is 6.51. The van der Waals surface area contributed by atoms with E-state index in [4.69, 9.17) is 0 Å². The van der Waals surface area contributed by atoms with Gasteiger partial charge in [-0.3, -0.25) is 4.79 Å². The molecule has 0 atom stereocenters. The third kappa shape index (κ3) is 4.35. The second-order valence-corrected chi connectivity index (χ2v) is 5.05. The molecule has 0 spiro atoms. The molecule has 1 heterocycles. The Balaban J connectivity index is 2.75. The number of nitrogens with one attached hydrogen (secondary N) is 2. The van der Waals surface area contributed by atoms with Crippen molar-refractivity contribution in [3.63, 3.8) is 0 Å². The van der Waals surface area contributed by atoms with Gasteiger partial charge in [0.25, 0.3) is 5.91 Å². The molecule has 0 radical (unpaired) electrons. The first-order chi connectivity index (χ1) is 8.48. The molecule has 4 nitrogen and oxygen atoms in total. The van der Waals surface area contributed by atoms with E-state index in [1.807, 2.05) is 20.8 Å². The minimum Gasteiger partial charge on any atom is -0.370 e. The van der Waals surface area contributed by atoms with Crippen LogP contribution in [0.1, 0.15) is 50.9 Å². The summed E-state index contributed by atoms with van der Waals surface area (Å²) in [6.45, 7) is 8.99. The summed E-state index contributed by atoms with van der Waals surface area (Å²) in [5.41, 5.74) is 0.470. The fraction of sp³-hybridized carbons (Fsp3) is 0.571. The SMILES string of the molecule is CCCC(C)(C)NC(=O)c1ccnc(NCC)c1. The predicted molar refractivity (Wildman–Crippen MR) is 74.9 cm³/mol. The number of rotatable bonds is 6. The van der Waals surface area contributed by atoms with Crippen LogP contribution in [0.15, 0.2) is 18.3 Å². The van der Waals surface area contributed by atoms with E-state index in [1.165, 1.54) is 0 Å². The maximum absolute atomic E-state index is 12.1. The van der Waals surface area contributed by atoms with E-state index >= 15 is 0 Å². The number of amides is 1. The summed E-state index contributed by atoms with van der Waals surface area (Å²) in [5.74, 6) is 0.688.